The van der Waals surface area contributed by atoms with Gasteiger partial charge in [-0.25, -0.2) is 19.6 Å². The Hall–Kier alpha value is -2.55. The third-order valence-corrected chi connectivity index (χ3v) is 5.21. The Bertz CT molecular complexity index is 752. The van der Waals surface area contributed by atoms with Crippen molar-refractivity contribution >= 4 is 11.9 Å². The highest BCUT2D eigenvalue weighted by molar-refractivity contribution is 5.78. The molecule has 2 aliphatic rings. The quantitative estimate of drug-likeness (QED) is 0.758. The summed E-state index contributed by atoms with van der Waals surface area (Å²) in [6, 6.07) is 1.79. The largest absolute Gasteiger partial charge is 0.345 e. The van der Waals surface area contributed by atoms with Crippen molar-refractivity contribution in [2.24, 2.45) is 5.92 Å². The summed E-state index contributed by atoms with van der Waals surface area (Å²) in [6.07, 6.45) is 7.37. The molecule has 1 saturated heterocycles. The van der Waals surface area contributed by atoms with E-state index in [0.29, 0.717) is 12.5 Å². The predicted molar refractivity (Wildman–Crippen MR) is 100.0 cm³/mol. The van der Waals surface area contributed by atoms with Crippen LogP contribution in [0.2, 0.25) is 0 Å². The van der Waals surface area contributed by atoms with Crippen molar-refractivity contribution in [3.63, 3.8) is 0 Å². The van der Waals surface area contributed by atoms with Crippen molar-refractivity contribution in [1.82, 2.24) is 34.9 Å². The molecule has 1 aliphatic carbocycles. The number of nitrogens with zero attached hydrogens (tertiary/aromatic N) is 7. The normalized spacial score (nSPS) is 19.1. The number of piperazine rings is 1. The van der Waals surface area contributed by atoms with E-state index >= 15 is 0 Å². The average molecular weight is 370 g/mol. The van der Waals surface area contributed by atoms with E-state index in [1.54, 1.807) is 18.7 Å². The fourth-order valence-corrected chi connectivity index (χ4v) is 3.56. The summed E-state index contributed by atoms with van der Waals surface area (Å²) in [5, 5.41) is 7.46. The van der Waals surface area contributed by atoms with Gasteiger partial charge in [-0.2, -0.15) is 5.10 Å². The molecule has 9 nitrogen and oxygen atoms in total. The van der Waals surface area contributed by atoms with Gasteiger partial charge in [0.25, 0.3) is 0 Å². The lowest BCUT2D eigenvalue weighted by molar-refractivity contribution is -0.123. The molecule has 0 radical (unpaired) electrons. The molecular formula is C18H26N8O. The summed E-state index contributed by atoms with van der Waals surface area (Å²) >= 11 is 0. The van der Waals surface area contributed by atoms with Gasteiger partial charge in [0.2, 0.25) is 11.9 Å². The topological polar surface area (TPSA) is 92.1 Å². The van der Waals surface area contributed by atoms with Crippen LogP contribution in [-0.2, 0) is 11.3 Å². The molecule has 144 valence electrons. The number of carbonyl (C=O) groups excluding carboxylic acids is 1. The van der Waals surface area contributed by atoms with E-state index in [9.17, 15) is 4.79 Å². The van der Waals surface area contributed by atoms with Crippen molar-refractivity contribution in [3.05, 3.63) is 30.6 Å². The van der Waals surface area contributed by atoms with Crippen molar-refractivity contribution < 1.29 is 4.79 Å². The second-order valence-electron chi connectivity index (χ2n) is 7.13. The van der Waals surface area contributed by atoms with E-state index in [-0.39, 0.29) is 11.9 Å². The minimum absolute atomic E-state index is 0.0287. The first kappa shape index (κ1) is 17.8. The van der Waals surface area contributed by atoms with Gasteiger partial charge in [-0.15, -0.1) is 0 Å². The zero-order chi connectivity index (χ0) is 18.6. The fraction of sp³-hybridized carbons (Fsp3) is 0.611. The Morgan fingerprint density at radius 2 is 1.93 bits per heavy atom. The van der Waals surface area contributed by atoms with Crippen molar-refractivity contribution in [1.29, 1.82) is 0 Å². The third-order valence-electron chi connectivity index (χ3n) is 5.21. The maximum Gasteiger partial charge on any atom is 0.234 e. The van der Waals surface area contributed by atoms with Gasteiger partial charge in [0.05, 0.1) is 12.6 Å². The van der Waals surface area contributed by atoms with Crippen LogP contribution in [0, 0.1) is 5.92 Å². The van der Waals surface area contributed by atoms with Gasteiger partial charge in [-0.3, -0.25) is 9.69 Å². The number of rotatable bonds is 7. The maximum absolute atomic E-state index is 12.7. The van der Waals surface area contributed by atoms with E-state index in [4.69, 9.17) is 0 Å². The SMILES string of the molecule is CCn1ncnc1[C@H](NC(=O)CN1CCN(c2ncccn2)CC1)C1CC1. The fourth-order valence-electron chi connectivity index (χ4n) is 3.56. The lowest BCUT2D eigenvalue weighted by Gasteiger charge is -2.34. The Balaban J connectivity index is 1.30. The number of nitrogens with one attached hydrogen (secondary N) is 1. The molecule has 1 atom stereocenters. The Labute approximate surface area is 158 Å². The molecule has 1 amide bonds. The number of carbonyl (C=O) groups is 1. The molecule has 4 rings (SSSR count). The molecule has 0 spiro atoms. The first-order valence-corrected chi connectivity index (χ1v) is 9.66. The van der Waals surface area contributed by atoms with E-state index in [2.05, 4.69) is 35.2 Å². The Morgan fingerprint density at radius 1 is 1.19 bits per heavy atom. The molecule has 1 N–H and O–H groups in total. The minimum atomic E-state index is -0.0287. The molecule has 2 fully saturated rings. The summed E-state index contributed by atoms with van der Waals surface area (Å²) < 4.78 is 1.88. The zero-order valence-corrected chi connectivity index (χ0v) is 15.7. The molecule has 2 aromatic rings. The number of hydrogen-bond acceptors (Lipinski definition) is 7. The molecule has 0 bridgehead atoms. The zero-order valence-electron chi connectivity index (χ0n) is 15.7. The van der Waals surface area contributed by atoms with Gasteiger partial charge >= 0.3 is 0 Å². The van der Waals surface area contributed by atoms with Crippen LogP contribution < -0.4 is 10.2 Å². The van der Waals surface area contributed by atoms with Crippen LogP contribution in [0.25, 0.3) is 0 Å². The molecule has 3 heterocycles. The van der Waals surface area contributed by atoms with E-state index in [0.717, 1.165) is 57.3 Å². The number of anilines is 1. The first-order valence-electron chi connectivity index (χ1n) is 9.66. The minimum Gasteiger partial charge on any atom is -0.345 e. The summed E-state index contributed by atoms with van der Waals surface area (Å²) in [5.74, 6) is 2.17. The van der Waals surface area contributed by atoms with Crippen LogP contribution in [0.4, 0.5) is 5.95 Å². The van der Waals surface area contributed by atoms with Crippen molar-refractivity contribution in [2.75, 3.05) is 37.6 Å². The summed E-state index contributed by atoms with van der Waals surface area (Å²) in [6.45, 7) is 6.52. The highest BCUT2D eigenvalue weighted by atomic mass is 16.2. The van der Waals surface area contributed by atoms with Crippen LogP contribution in [0.1, 0.15) is 31.6 Å². The molecule has 27 heavy (non-hydrogen) atoms. The lowest BCUT2D eigenvalue weighted by Crippen LogP contribution is -2.50. The average Bonchev–Trinajstić information content (AvgIpc) is 3.44. The predicted octanol–water partition coefficient (Wildman–Crippen LogP) is 0.478. The number of aryl methyl sites for hydroxylation is 1. The number of hydrogen-bond donors (Lipinski definition) is 1. The molecular weight excluding hydrogens is 344 g/mol. The first-order chi connectivity index (χ1) is 13.2. The van der Waals surface area contributed by atoms with Gasteiger partial charge in [0.1, 0.15) is 12.2 Å². The Morgan fingerprint density at radius 3 is 2.59 bits per heavy atom. The molecule has 0 aromatic carbocycles. The van der Waals surface area contributed by atoms with Crippen molar-refractivity contribution in [2.45, 2.75) is 32.4 Å². The third kappa shape index (κ3) is 4.24. The van der Waals surface area contributed by atoms with Crippen LogP contribution in [0.5, 0.6) is 0 Å². The van der Waals surface area contributed by atoms with Crippen LogP contribution in [-0.4, -0.2) is 68.3 Å². The molecule has 9 heteroatoms. The van der Waals surface area contributed by atoms with Gasteiger partial charge in [-0.1, -0.05) is 0 Å². The smallest absolute Gasteiger partial charge is 0.234 e. The van der Waals surface area contributed by atoms with E-state index in [1.807, 2.05) is 17.7 Å². The lowest BCUT2D eigenvalue weighted by atomic mass is 10.1. The number of aromatic nitrogens is 5. The van der Waals surface area contributed by atoms with Gasteiger partial charge in [0, 0.05) is 45.1 Å². The molecule has 1 saturated carbocycles. The van der Waals surface area contributed by atoms with E-state index in [1.165, 1.54) is 0 Å². The standard InChI is InChI=1S/C18H26N8O/c1-2-26-17(21-13-22-26)16(14-4-5-14)23-15(27)12-24-8-10-25(11-9-24)18-19-6-3-7-20-18/h3,6-7,13-14,16H,2,4-5,8-12H2,1H3,(H,23,27)/t16-/m1/s1. The molecule has 1 aliphatic heterocycles. The van der Waals surface area contributed by atoms with Crippen LogP contribution in [0.15, 0.2) is 24.8 Å². The van der Waals surface area contributed by atoms with Gasteiger partial charge in [-0.05, 0) is 31.7 Å². The van der Waals surface area contributed by atoms with Gasteiger partial charge < -0.3 is 10.2 Å². The van der Waals surface area contributed by atoms with Crippen LogP contribution in [0.3, 0.4) is 0 Å². The maximum atomic E-state index is 12.7. The number of amides is 1. The monoisotopic (exact) mass is 370 g/mol. The highest BCUT2D eigenvalue weighted by Crippen LogP contribution is 2.40. The van der Waals surface area contributed by atoms with Gasteiger partial charge in [0.15, 0.2) is 0 Å². The molecule has 2 aromatic heterocycles. The highest BCUT2D eigenvalue weighted by Gasteiger charge is 2.36. The summed E-state index contributed by atoms with van der Waals surface area (Å²) in [7, 11) is 0. The van der Waals surface area contributed by atoms with Crippen LogP contribution >= 0.6 is 0 Å². The second kappa shape index (κ2) is 7.99. The van der Waals surface area contributed by atoms with Crippen molar-refractivity contribution in [3.8, 4) is 0 Å². The summed E-state index contributed by atoms with van der Waals surface area (Å²) in [4.78, 5) is 30.0. The molecule has 0 unspecified atom stereocenters. The van der Waals surface area contributed by atoms with E-state index < -0.39 is 0 Å². The Kier molecular flexibility index (Phi) is 5.28. The second-order valence-corrected chi connectivity index (χ2v) is 7.13. The summed E-state index contributed by atoms with van der Waals surface area (Å²) in [5.41, 5.74) is 0.